The van der Waals surface area contributed by atoms with Crippen LogP contribution in [0.25, 0.3) is 11.3 Å². The van der Waals surface area contributed by atoms with Crippen LogP contribution in [0.1, 0.15) is 6.42 Å². The molecule has 5 rings (SSSR count). The molecule has 1 amide bonds. The minimum Gasteiger partial charge on any atom is -0.352 e. The van der Waals surface area contributed by atoms with Crippen molar-refractivity contribution in [3.63, 3.8) is 0 Å². The molecule has 7 nitrogen and oxygen atoms in total. The number of piperazine rings is 1. The summed E-state index contributed by atoms with van der Waals surface area (Å²) in [5.41, 5.74) is 3.02. The van der Waals surface area contributed by atoms with E-state index < -0.39 is 0 Å². The number of nitrogens with zero attached hydrogens (tertiary/aromatic N) is 6. The monoisotopic (exact) mass is 406 g/mol. The van der Waals surface area contributed by atoms with Gasteiger partial charge in [0, 0.05) is 44.0 Å². The standard InChI is InChI=1S/C21H22N6OS/c28-20(14-17-15-29-21-22-8-9-27(17)21)26-12-10-25(11-13-26)19-7-6-18(23-24-19)16-4-2-1-3-5-16/h1-7,15H,8-14H2. The van der Waals surface area contributed by atoms with Gasteiger partial charge in [0.05, 0.1) is 18.7 Å². The molecule has 0 bridgehead atoms. The summed E-state index contributed by atoms with van der Waals surface area (Å²) in [7, 11) is 0. The summed E-state index contributed by atoms with van der Waals surface area (Å²) in [5, 5.41) is 11.9. The first-order chi connectivity index (χ1) is 14.3. The van der Waals surface area contributed by atoms with E-state index >= 15 is 0 Å². The molecule has 4 heterocycles. The van der Waals surface area contributed by atoms with Crippen LogP contribution in [0.5, 0.6) is 0 Å². The van der Waals surface area contributed by atoms with E-state index in [4.69, 9.17) is 0 Å². The molecule has 29 heavy (non-hydrogen) atoms. The highest BCUT2D eigenvalue weighted by atomic mass is 32.2. The Bertz CT molecular complexity index is 951. The zero-order valence-electron chi connectivity index (χ0n) is 16.1. The Morgan fingerprint density at radius 2 is 1.79 bits per heavy atom. The SMILES string of the molecule is O=C(CC1=CSC2=NCCN12)N1CCN(c2ccc(-c3ccccc3)nn2)CC1. The number of fused-ring (bicyclic) bond motifs is 1. The lowest BCUT2D eigenvalue weighted by atomic mass is 10.1. The maximum absolute atomic E-state index is 12.8. The van der Waals surface area contributed by atoms with E-state index in [9.17, 15) is 4.79 Å². The van der Waals surface area contributed by atoms with Gasteiger partial charge in [0.1, 0.15) is 0 Å². The number of carbonyl (C=O) groups excluding carboxylic acids is 1. The molecule has 0 spiro atoms. The first-order valence-corrected chi connectivity index (χ1v) is 10.8. The molecule has 0 unspecified atom stereocenters. The lowest BCUT2D eigenvalue weighted by Crippen LogP contribution is -2.49. The molecule has 0 saturated carbocycles. The molecule has 0 radical (unpaired) electrons. The number of anilines is 1. The highest BCUT2D eigenvalue weighted by Crippen LogP contribution is 2.31. The van der Waals surface area contributed by atoms with E-state index in [1.807, 2.05) is 47.4 Å². The fourth-order valence-electron chi connectivity index (χ4n) is 3.82. The molecule has 0 N–H and O–H groups in total. The zero-order valence-corrected chi connectivity index (χ0v) is 16.9. The average Bonchev–Trinajstić information content (AvgIpc) is 3.40. The molecule has 1 aromatic heterocycles. The van der Waals surface area contributed by atoms with Crippen molar-refractivity contribution in [2.24, 2.45) is 4.99 Å². The van der Waals surface area contributed by atoms with Gasteiger partial charge in [-0.25, -0.2) is 0 Å². The van der Waals surface area contributed by atoms with Gasteiger partial charge in [0.25, 0.3) is 0 Å². The summed E-state index contributed by atoms with van der Waals surface area (Å²) in [5.74, 6) is 1.06. The van der Waals surface area contributed by atoms with E-state index in [1.165, 1.54) is 0 Å². The van der Waals surface area contributed by atoms with Gasteiger partial charge >= 0.3 is 0 Å². The van der Waals surface area contributed by atoms with E-state index in [0.717, 1.165) is 54.1 Å². The molecule has 1 aromatic carbocycles. The van der Waals surface area contributed by atoms with Gasteiger partial charge in [0.15, 0.2) is 11.0 Å². The van der Waals surface area contributed by atoms with Gasteiger partial charge in [-0.15, -0.1) is 10.2 Å². The Morgan fingerprint density at radius 1 is 0.966 bits per heavy atom. The predicted octanol–water partition coefficient (Wildman–Crippen LogP) is 2.44. The minimum absolute atomic E-state index is 0.190. The molecule has 0 atom stereocenters. The molecule has 1 saturated heterocycles. The molecule has 0 aliphatic carbocycles. The third-order valence-corrected chi connectivity index (χ3v) is 6.41. The molecule has 148 valence electrons. The number of aliphatic imine (C=N–C) groups is 1. The Balaban J connectivity index is 1.16. The number of hydrogen-bond donors (Lipinski definition) is 0. The quantitative estimate of drug-likeness (QED) is 0.777. The number of hydrogen-bond acceptors (Lipinski definition) is 7. The summed E-state index contributed by atoms with van der Waals surface area (Å²) in [6.07, 6.45) is 0.456. The van der Waals surface area contributed by atoms with Crippen LogP contribution >= 0.6 is 11.8 Å². The van der Waals surface area contributed by atoms with Crippen LogP contribution in [-0.2, 0) is 4.79 Å². The molecule has 1 fully saturated rings. The fourth-order valence-corrected chi connectivity index (χ4v) is 4.78. The van der Waals surface area contributed by atoms with Crippen molar-refractivity contribution in [3.8, 4) is 11.3 Å². The van der Waals surface area contributed by atoms with Crippen LogP contribution in [0.15, 0.2) is 58.6 Å². The first-order valence-electron chi connectivity index (χ1n) is 9.87. The summed E-state index contributed by atoms with van der Waals surface area (Å²) < 4.78 is 0. The number of aromatic nitrogens is 2. The first kappa shape index (κ1) is 18.2. The smallest absolute Gasteiger partial charge is 0.228 e. The van der Waals surface area contributed by atoms with Crippen molar-refractivity contribution < 1.29 is 4.79 Å². The highest BCUT2D eigenvalue weighted by molar-refractivity contribution is 8.16. The predicted molar refractivity (Wildman–Crippen MR) is 116 cm³/mol. The third-order valence-electron chi connectivity index (χ3n) is 5.46. The Hall–Kier alpha value is -2.87. The number of amides is 1. The van der Waals surface area contributed by atoms with Crippen molar-refractivity contribution in [1.29, 1.82) is 0 Å². The largest absolute Gasteiger partial charge is 0.352 e. The molecule has 3 aliphatic heterocycles. The van der Waals surface area contributed by atoms with Gasteiger partial charge in [-0.1, -0.05) is 42.1 Å². The Morgan fingerprint density at radius 3 is 2.55 bits per heavy atom. The van der Waals surface area contributed by atoms with Gasteiger partial charge in [0.2, 0.25) is 5.91 Å². The molecule has 2 aromatic rings. The average molecular weight is 407 g/mol. The van der Waals surface area contributed by atoms with Crippen molar-refractivity contribution in [2.75, 3.05) is 44.2 Å². The maximum atomic E-state index is 12.8. The molecule has 3 aliphatic rings. The van der Waals surface area contributed by atoms with Gasteiger partial charge < -0.3 is 14.7 Å². The van der Waals surface area contributed by atoms with Crippen molar-refractivity contribution >= 4 is 28.7 Å². The Kier molecular flexibility index (Phi) is 4.93. The Labute approximate surface area is 174 Å². The molecule has 8 heteroatoms. The van der Waals surface area contributed by atoms with Crippen molar-refractivity contribution in [3.05, 3.63) is 53.6 Å². The van der Waals surface area contributed by atoms with Gasteiger partial charge in [-0.3, -0.25) is 9.79 Å². The molecular formula is C21H22N6OS. The van der Waals surface area contributed by atoms with E-state index in [0.29, 0.717) is 19.5 Å². The van der Waals surface area contributed by atoms with E-state index in [-0.39, 0.29) is 5.91 Å². The number of thioether (sulfide) groups is 1. The number of amidine groups is 1. The highest BCUT2D eigenvalue weighted by Gasteiger charge is 2.29. The summed E-state index contributed by atoms with van der Waals surface area (Å²) in [6.45, 7) is 4.69. The van der Waals surface area contributed by atoms with E-state index in [1.54, 1.807) is 11.8 Å². The minimum atomic E-state index is 0.190. The fraction of sp³-hybridized carbons (Fsp3) is 0.333. The van der Waals surface area contributed by atoms with Crippen molar-refractivity contribution in [1.82, 2.24) is 20.0 Å². The summed E-state index contributed by atoms with van der Waals surface area (Å²) in [6, 6.07) is 14.1. The lowest BCUT2D eigenvalue weighted by molar-refractivity contribution is -0.130. The second kappa shape index (κ2) is 7.87. The van der Waals surface area contributed by atoms with Crippen LogP contribution in [-0.4, -0.2) is 70.3 Å². The van der Waals surface area contributed by atoms with Gasteiger partial charge in [-0.05, 0) is 17.5 Å². The normalized spacial score (nSPS) is 18.6. The number of carbonyl (C=O) groups is 1. The van der Waals surface area contributed by atoms with Gasteiger partial charge in [-0.2, -0.15) is 0 Å². The van der Waals surface area contributed by atoms with Crippen LogP contribution < -0.4 is 4.90 Å². The van der Waals surface area contributed by atoms with Crippen LogP contribution in [0.3, 0.4) is 0 Å². The number of rotatable bonds is 4. The van der Waals surface area contributed by atoms with E-state index in [2.05, 4.69) is 30.4 Å². The molecular weight excluding hydrogens is 384 g/mol. The van der Waals surface area contributed by atoms with Crippen LogP contribution in [0.2, 0.25) is 0 Å². The summed E-state index contributed by atoms with van der Waals surface area (Å²) in [4.78, 5) is 23.5. The number of benzene rings is 1. The zero-order chi connectivity index (χ0) is 19.6. The topological polar surface area (TPSA) is 64.9 Å². The lowest BCUT2D eigenvalue weighted by Gasteiger charge is -2.35. The second-order valence-electron chi connectivity index (χ2n) is 7.23. The third kappa shape index (κ3) is 3.72. The van der Waals surface area contributed by atoms with Crippen molar-refractivity contribution in [2.45, 2.75) is 6.42 Å². The van der Waals surface area contributed by atoms with Crippen LogP contribution in [0, 0.1) is 0 Å². The van der Waals surface area contributed by atoms with Crippen LogP contribution in [0.4, 0.5) is 5.82 Å². The second-order valence-corrected chi connectivity index (χ2v) is 8.07. The summed E-state index contributed by atoms with van der Waals surface area (Å²) >= 11 is 1.63. The maximum Gasteiger partial charge on any atom is 0.228 e.